The highest BCUT2D eigenvalue weighted by Crippen LogP contribution is 2.37. The van der Waals surface area contributed by atoms with Gasteiger partial charge in [-0.25, -0.2) is 4.98 Å². The number of benzene rings is 2. The number of aromatic nitrogens is 1. The maximum atomic E-state index is 10.7. The fraction of sp³-hybridized carbons (Fsp3) is 0.250. The van der Waals surface area contributed by atoms with Gasteiger partial charge in [-0.3, -0.25) is 5.41 Å². The monoisotopic (exact) mass is 403 g/mol. The largest absolute Gasteiger partial charge is 0.510 e. The van der Waals surface area contributed by atoms with E-state index in [0.717, 1.165) is 21.8 Å². The molecule has 0 saturated carbocycles. The lowest BCUT2D eigenvalue weighted by molar-refractivity contribution is 0.411. The van der Waals surface area contributed by atoms with Crippen LogP contribution < -0.4 is 4.90 Å². The van der Waals surface area contributed by atoms with Crippen molar-refractivity contribution in [2.45, 2.75) is 33.1 Å². The lowest BCUT2D eigenvalue weighted by Gasteiger charge is -2.22. The first-order chi connectivity index (χ1) is 13.8. The number of aliphatic hydroxyl groups is 1. The van der Waals surface area contributed by atoms with Crippen molar-refractivity contribution in [3.8, 4) is 11.3 Å². The molecular weight excluding hydrogens is 378 g/mol. The molecule has 0 unspecified atom stereocenters. The zero-order valence-corrected chi connectivity index (χ0v) is 18.0. The van der Waals surface area contributed by atoms with Crippen LogP contribution in [0.5, 0.6) is 0 Å². The van der Waals surface area contributed by atoms with E-state index in [1.165, 1.54) is 16.9 Å². The zero-order valence-electron chi connectivity index (χ0n) is 17.2. The van der Waals surface area contributed by atoms with Gasteiger partial charge in [0, 0.05) is 16.1 Å². The van der Waals surface area contributed by atoms with Crippen molar-refractivity contribution in [2.24, 2.45) is 0 Å². The van der Waals surface area contributed by atoms with Crippen molar-refractivity contribution in [3.63, 3.8) is 0 Å². The van der Waals surface area contributed by atoms with E-state index in [0.29, 0.717) is 23.0 Å². The third-order valence-electron chi connectivity index (χ3n) is 5.21. The third-order valence-corrected chi connectivity index (χ3v) is 6.19. The van der Waals surface area contributed by atoms with Crippen molar-refractivity contribution < 1.29 is 5.11 Å². The third kappa shape index (κ3) is 3.58. The molecule has 0 saturated heterocycles. The summed E-state index contributed by atoms with van der Waals surface area (Å²) >= 11 is 1.52. The van der Waals surface area contributed by atoms with E-state index >= 15 is 0 Å². The molecule has 2 aromatic carbocycles. The Bertz CT molecular complexity index is 1090. The first-order valence-electron chi connectivity index (χ1n) is 9.68. The Kier molecular flexibility index (Phi) is 4.79. The summed E-state index contributed by atoms with van der Waals surface area (Å²) in [6.45, 7) is 8.87. The molecular formula is C24H25N3OS. The molecule has 0 amide bonds. The van der Waals surface area contributed by atoms with Crippen molar-refractivity contribution >= 4 is 28.4 Å². The van der Waals surface area contributed by atoms with Crippen molar-refractivity contribution in [2.75, 3.05) is 11.4 Å². The molecule has 1 aliphatic heterocycles. The zero-order chi connectivity index (χ0) is 20.8. The molecule has 1 aliphatic rings. The van der Waals surface area contributed by atoms with E-state index < -0.39 is 0 Å². The Morgan fingerprint density at radius 1 is 1.03 bits per heavy atom. The molecule has 3 aromatic rings. The Labute approximate surface area is 175 Å². The summed E-state index contributed by atoms with van der Waals surface area (Å²) in [5.74, 6) is 0.489. The Morgan fingerprint density at radius 2 is 1.69 bits per heavy atom. The first kappa shape index (κ1) is 19.4. The SMILES string of the molecule is Cc1sc(C2=C(O)CN(c3ccc(C(C)(C)C)cc3)C2=N)nc1-c1ccccc1. The molecule has 0 aliphatic carbocycles. The summed E-state index contributed by atoms with van der Waals surface area (Å²) in [5.41, 5.74) is 4.71. The number of nitrogens with one attached hydrogen (secondary N) is 1. The van der Waals surface area contributed by atoms with Crippen molar-refractivity contribution in [1.29, 1.82) is 5.41 Å². The van der Waals surface area contributed by atoms with Gasteiger partial charge in [-0.2, -0.15) is 0 Å². The molecule has 148 valence electrons. The molecule has 2 N–H and O–H groups in total. The predicted molar refractivity (Wildman–Crippen MR) is 122 cm³/mol. The number of rotatable bonds is 3. The van der Waals surface area contributed by atoms with Crippen molar-refractivity contribution in [1.82, 2.24) is 4.98 Å². The lowest BCUT2D eigenvalue weighted by atomic mass is 9.87. The first-order valence-corrected chi connectivity index (χ1v) is 10.5. The second-order valence-electron chi connectivity index (χ2n) is 8.34. The smallest absolute Gasteiger partial charge is 0.139 e. The fourth-order valence-corrected chi connectivity index (χ4v) is 4.54. The van der Waals surface area contributed by atoms with E-state index in [2.05, 4.69) is 32.9 Å². The number of amidine groups is 1. The number of aryl methyl sites for hydroxylation is 1. The molecule has 0 spiro atoms. The van der Waals surface area contributed by atoms with Gasteiger partial charge in [-0.15, -0.1) is 11.3 Å². The quantitative estimate of drug-likeness (QED) is 0.549. The van der Waals surface area contributed by atoms with Crippen LogP contribution in [0.25, 0.3) is 16.8 Å². The number of hydrogen-bond donors (Lipinski definition) is 2. The average Bonchev–Trinajstić information content (AvgIpc) is 3.21. The summed E-state index contributed by atoms with van der Waals surface area (Å²) in [7, 11) is 0. The van der Waals surface area contributed by atoms with Crippen LogP contribution >= 0.6 is 11.3 Å². The molecule has 2 heterocycles. The van der Waals surface area contributed by atoms with Crippen LogP contribution in [0.4, 0.5) is 5.69 Å². The van der Waals surface area contributed by atoms with Crippen LogP contribution in [-0.4, -0.2) is 22.5 Å². The number of hydrogen-bond acceptors (Lipinski definition) is 4. The van der Waals surface area contributed by atoms with Crippen molar-refractivity contribution in [3.05, 3.63) is 75.8 Å². The minimum atomic E-state index is 0.0782. The summed E-state index contributed by atoms with van der Waals surface area (Å²) < 4.78 is 0. The Balaban J connectivity index is 1.64. The van der Waals surface area contributed by atoms with E-state index in [-0.39, 0.29) is 11.2 Å². The minimum Gasteiger partial charge on any atom is -0.510 e. The van der Waals surface area contributed by atoms with Gasteiger partial charge in [0.2, 0.25) is 0 Å². The minimum absolute atomic E-state index is 0.0782. The molecule has 1 aromatic heterocycles. The van der Waals surface area contributed by atoms with Gasteiger partial charge in [0.05, 0.1) is 17.8 Å². The van der Waals surface area contributed by atoms with Gasteiger partial charge in [0.1, 0.15) is 16.6 Å². The number of anilines is 1. The Hall–Kier alpha value is -2.92. The molecule has 0 fully saturated rings. The van der Waals surface area contributed by atoms with Crippen LogP contribution in [0, 0.1) is 12.3 Å². The highest BCUT2D eigenvalue weighted by atomic mass is 32.1. The molecule has 29 heavy (non-hydrogen) atoms. The molecule has 5 heteroatoms. The topological polar surface area (TPSA) is 60.2 Å². The highest BCUT2D eigenvalue weighted by molar-refractivity contribution is 7.13. The normalized spacial score (nSPS) is 14.8. The maximum absolute atomic E-state index is 10.7. The van der Waals surface area contributed by atoms with E-state index in [1.54, 1.807) is 0 Å². The molecule has 4 rings (SSSR count). The number of thiazole rings is 1. The predicted octanol–water partition coefficient (Wildman–Crippen LogP) is 6.18. The standard InChI is InChI=1S/C24H25N3OS/c1-15-21(16-8-6-5-7-9-16)26-23(29-15)20-19(28)14-27(22(20)25)18-12-10-17(11-13-18)24(2,3)4/h5-13,25,28H,14H2,1-4H3. The molecule has 0 radical (unpaired) electrons. The average molecular weight is 404 g/mol. The molecule has 0 atom stereocenters. The lowest BCUT2D eigenvalue weighted by Crippen LogP contribution is -2.26. The van der Waals surface area contributed by atoms with Gasteiger partial charge in [0.25, 0.3) is 0 Å². The van der Waals surface area contributed by atoms with Gasteiger partial charge in [-0.1, -0.05) is 63.2 Å². The van der Waals surface area contributed by atoms with Crippen LogP contribution in [-0.2, 0) is 5.41 Å². The van der Waals surface area contributed by atoms with E-state index in [9.17, 15) is 5.11 Å². The second kappa shape index (κ2) is 7.16. The fourth-order valence-electron chi connectivity index (χ4n) is 3.53. The molecule has 4 nitrogen and oxygen atoms in total. The van der Waals surface area contributed by atoms with Crippen LogP contribution in [0.15, 0.2) is 60.4 Å². The van der Waals surface area contributed by atoms with E-state index in [4.69, 9.17) is 10.4 Å². The molecule has 0 bridgehead atoms. The van der Waals surface area contributed by atoms with Gasteiger partial charge < -0.3 is 10.0 Å². The summed E-state index contributed by atoms with van der Waals surface area (Å²) in [6, 6.07) is 18.3. The summed E-state index contributed by atoms with van der Waals surface area (Å²) in [6.07, 6.45) is 0. The summed E-state index contributed by atoms with van der Waals surface area (Å²) in [4.78, 5) is 7.68. The second-order valence-corrected chi connectivity index (χ2v) is 9.55. The maximum Gasteiger partial charge on any atom is 0.139 e. The van der Waals surface area contributed by atoms with Gasteiger partial charge >= 0.3 is 0 Å². The summed E-state index contributed by atoms with van der Waals surface area (Å²) in [5, 5.41) is 20.1. The van der Waals surface area contributed by atoms with E-state index in [1.807, 2.05) is 54.3 Å². The Morgan fingerprint density at radius 3 is 2.31 bits per heavy atom. The van der Waals surface area contributed by atoms with Gasteiger partial charge in [-0.05, 0) is 30.0 Å². The van der Waals surface area contributed by atoms with Crippen LogP contribution in [0.2, 0.25) is 0 Å². The number of nitrogens with zero attached hydrogens (tertiary/aromatic N) is 2. The van der Waals surface area contributed by atoms with Gasteiger partial charge in [0.15, 0.2) is 0 Å². The van der Waals surface area contributed by atoms with Crippen LogP contribution in [0.1, 0.15) is 36.2 Å². The highest BCUT2D eigenvalue weighted by Gasteiger charge is 2.32. The van der Waals surface area contributed by atoms with Crippen LogP contribution in [0.3, 0.4) is 0 Å². The number of aliphatic hydroxyl groups excluding tert-OH is 1.